The second-order valence-corrected chi connectivity index (χ2v) is 5.29. The van der Waals surface area contributed by atoms with Crippen molar-refractivity contribution in [3.8, 4) is 0 Å². The molecule has 0 aliphatic heterocycles. The Kier molecular flexibility index (Phi) is 7.85. The summed E-state index contributed by atoms with van der Waals surface area (Å²) >= 11 is 1.88. The van der Waals surface area contributed by atoms with E-state index in [2.05, 4.69) is 48.1 Å². The highest BCUT2D eigenvalue weighted by molar-refractivity contribution is 7.97. The van der Waals surface area contributed by atoms with Gasteiger partial charge in [0.15, 0.2) is 0 Å². The van der Waals surface area contributed by atoms with Gasteiger partial charge in [-0.25, -0.2) is 4.31 Å². The third kappa shape index (κ3) is 6.54. The lowest BCUT2D eigenvalue weighted by Gasteiger charge is -2.20. The molecule has 0 spiro atoms. The van der Waals surface area contributed by atoms with Gasteiger partial charge in [-0.05, 0) is 43.3 Å². The molecule has 2 heteroatoms. The highest BCUT2D eigenvalue weighted by atomic mass is 32.2. The summed E-state index contributed by atoms with van der Waals surface area (Å²) in [5.74, 6) is 0. The number of hydrogen-bond donors (Lipinski definition) is 0. The van der Waals surface area contributed by atoms with E-state index in [1.54, 1.807) is 0 Å². The van der Waals surface area contributed by atoms with Gasteiger partial charge in [-0.15, -0.1) is 6.58 Å². The van der Waals surface area contributed by atoms with E-state index in [9.17, 15) is 0 Å². The van der Waals surface area contributed by atoms with Crippen LogP contribution in [-0.2, 0) is 0 Å². The van der Waals surface area contributed by atoms with E-state index in [0.717, 1.165) is 13.0 Å². The predicted octanol–water partition coefficient (Wildman–Crippen LogP) is 4.76. The Morgan fingerprint density at radius 2 is 1.88 bits per heavy atom. The molecule has 0 atom stereocenters. The number of rotatable bonds is 9. The molecule has 0 unspecified atom stereocenters. The zero-order valence-electron chi connectivity index (χ0n) is 10.8. The minimum absolute atomic E-state index is 1.11. The Bertz CT molecular complexity index is 297. The molecule has 0 amide bonds. The second kappa shape index (κ2) is 9.32. The van der Waals surface area contributed by atoms with Gasteiger partial charge in [-0.2, -0.15) is 0 Å². The molecule has 0 aromatic heterocycles. The highest BCUT2D eigenvalue weighted by Gasteiger charge is 2.05. The van der Waals surface area contributed by atoms with Gasteiger partial charge >= 0.3 is 0 Å². The molecule has 0 aliphatic carbocycles. The van der Waals surface area contributed by atoms with Crippen LogP contribution in [0, 0.1) is 0 Å². The summed E-state index contributed by atoms with van der Waals surface area (Å²) in [5.41, 5.74) is 0. The standard InChI is InChI=1S/C15H23NS/c1-3-5-10-14-16(13-6-4-2)17-15-11-8-7-9-12-15/h3,7-9,11-12H,1,4-6,10,13-14H2,2H3. The Labute approximate surface area is 110 Å². The molecule has 1 aromatic carbocycles. The predicted molar refractivity (Wildman–Crippen MR) is 78.2 cm³/mol. The first kappa shape index (κ1) is 14.3. The number of unbranched alkanes of at least 4 members (excludes halogenated alkanes) is 2. The van der Waals surface area contributed by atoms with Gasteiger partial charge in [0.05, 0.1) is 0 Å². The van der Waals surface area contributed by atoms with Gasteiger partial charge in [-0.3, -0.25) is 0 Å². The van der Waals surface area contributed by atoms with Crippen LogP contribution in [0.5, 0.6) is 0 Å². The third-order valence-corrected chi connectivity index (χ3v) is 3.66. The Morgan fingerprint density at radius 3 is 2.53 bits per heavy atom. The van der Waals surface area contributed by atoms with Gasteiger partial charge in [0.1, 0.15) is 0 Å². The summed E-state index contributed by atoms with van der Waals surface area (Å²) in [6, 6.07) is 10.6. The average Bonchev–Trinajstić information content (AvgIpc) is 2.37. The van der Waals surface area contributed by atoms with Gasteiger partial charge < -0.3 is 0 Å². The maximum absolute atomic E-state index is 3.78. The summed E-state index contributed by atoms with van der Waals surface area (Å²) in [7, 11) is 0. The van der Waals surface area contributed by atoms with Crippen molar-refractivity contribution >= 4 is 11.9 Å². The van der Waals surface area contributed by atoms with Crippen LogP contribution in [0.3, 0.4) is 0 Å². The number of benzene rings is 1. The molecule has 0 fully saturated rings. The van der Waals surface area contributed by atoms with Gasteiger partial charge in [0.2, 0.25) is 0 Å². The molecule has 1 nitrogen and oxygen atoms in total. The van der Waals surface area contributed by atoms with Crippen LogP contribution in [0.15, 0.2) is 47.9 Å². The van der Waals surface area contributed by atoms with Crippen molar-refractivity contribution in [2.75, 3.05) is 13.1 Å². The van der Waals surface area contributed by atoms with E-state index >= 15 is 0 Å². The first-order valence-electron chi connectivity index (χ1n) is 6.45. The molecule has 0 saturated heterocycles. The molecule has 0 saturated carbocycles. The van der Waals surface area contributed by atoms with Crippen molar-refractivity contribution in [2.24, 2.45) is 0 Å². The fourth-order valence-electron chi connectivity index (χ4n) is 1.58. The van der Waals surface area contributed by atoms with Crippen LogP contribution >= 0.6 is 11.9 Å². The van der Waals surface area contributed by atoms with Gasteiger partial charge in [-0.1, -0.05) is 37.6 Å². The maximum atomic E-state index is 3.78. The second-order valence-electron chi connectivity index (χ2n) is 4.12. The molecule has 1 rings (SSSR count). The summed E-state index contributed by atoms with van der Waals surface area (Å²) in [5, 5.41) is 0. The van der Waals surface area contributed by atoms with Crippen molar-refractivity contribution in [3.05, 3.63) is 43.0 Å². The number of allylic oxidation sites excluding steroid dienone is 1. The summed E-state index contributed by atoms with van der Waals surface area (Å²) < 4.78 is 2.47. The fourth-order valence-corrected chi connectivity index (χ4v) is 2.60. The molecular formula is C15H23NS. The number of hydrogen-bond acceptors (Lipinski definition) is 2. The molecule has 1 aromatic rings. The van der Waals surface area contributed by atoms with E-state index < -0.39 is 0 Å². The molecule has 0 heterocycles. The van der Waals surface area contributed by atoms with Crippen molar-refractivity contribution in [3.63, 3.8) is 0 Å². The fraction of sp³-hybridized carbons (Fsp3) is 0.467. The van der Waals surface area contributed by atoms with E-state index in [1.807, 2.05) is 18.0 Å². The Balaban J connectivity index is 2.41. The minimum Gasteiger partial charge on any atom is -0.246 e. The summed E-state index contributed by atoms with van der Waals surface area (Å²) in [6.45, 7) is 8.34. The van der Waals surface area contributed by atoms with Crippen LogP contribution in [0.1, 0.15) is 32.6 Å². The normalized spacial score (nSPS) is 10.7. The Morgan fingerprint density at radius 1 is 1.18 bits per heavy atom. The van der Waals surface area contributed by atoms with Crippen LogP contribution < -0.4 is 0 Å². The van der Waals surface area contributed by atoms with E-state index in [-0.39, 0.29) is 0 Å². The van der Waals surface area contributed by atoms with Crippen LogP contribution in [0.4, 0.5) is 0 Å². The monoisotopic (exact) mass is 249 g/mol. The topological polar surface area (TPSA) is 3.24 Å². The average molecular weight is 249 g/mol. The van der Waals surface area contributed by atoms with E-state index in [4.69, 9.17) is 0 Å². The largest absolute Gasteiger partial charge is 0.246 e. The van der Waals surface area contributed by atoms with Crippen molar-refractivity contribution < 1.29 is 0 Å². The van der Waals surface area contributed by atoms with Crippen LogP contribution in [0.2, 0.25) is 0 Å². The van der Waals surface area contributed by atoms with E-state index in [1.165, 1.54) is 30.7 Å². The highest BCUT2D eigenvalue weighted by Crippen LogP contribution is 2.23. The quantitative estimate of drug-likeness (QED) is 0.352. The molecule has 0 bridgehead atoms. The lowest BCUT2D eigenvalue weighted by Crippen LogP contribution is -2.18. The molecule has 17 heavy (non-hydrogen) atoms. The maximum Gasteiger partial charge on any atom is 0.0230 e. The lowest BCUT2D eigenvalue weighted by atomic mass is 10.3. The molecular weight excluding hydrogens is 226 g/mol. The molecule has 0 radical (unpaired) electrons. The molecule has 0 N–H and O–H groups in total. The first-order chi connectivity index (χ1) is 8.36. The van der Waals surface area contributed by atoms with Gasteiger partial charge in [0, 0.05) is 18.0 Å². The van der Waals surface area contributed by atoms with E-state index in [0.29, 0.717) is 0 Å². The smallest absolute Gasteiger partial charge is 0.0230 e. The van der Waals surface area contributed by atoms with Crippen molar-refractivity contribution in [1.82, 2.24) is 4.31 Å². The lowest BCUT2D eigenvalue weighted by molar-refractivity contribution is 0.448. The Hall–Kier alpha value is -0.730. The summed E-state index contributed by atoms with van der Waals surface area (Å²) in [4.78, 5) is 1.34. The SMILES string of the molecule is C=CCCCN(CCCC)Sc1ccccc1. The van der Waals surface area contributed by atoms with Gasteiger partial charge in [0.25, 0.3) is 0 Å². The molecule has 0 aliphatic rings. The zero-order valence-corrected chi connectivity index (χ0v) is 11.6. The number of nitrogens with zero attached hydrogens (tertiary/aromatic N) is 1. The molecule has 94 valence electrons. The van der Waals surface area contributed by atoms with Crippen molar-refractivity contribution in [1.29, 1.82) is 0 Å². The minimum atomic E-state index is 1.11. The zero-order chi connectivity index (χ0) is 12.3. The third-order valence-electron chi connectivity index (χ3n) is 2.55. The first-order valence-corrected chi connectivity index (χ1v) is 7.23. The van der Waals surface area contributed by atoms with Crippen molar-refractivity contribution in [2.45, 2.75) is 37.5 Å². The van der Waals surface area contributed by atoms with Crippen LogP contribution in [-0.4, -0.2) is 17.4 Å². The summed E-state index contributed by atoms with van der Waals surface area (Å²) in [6.07, 6.45) is 6.84. The van der Waals surface area contributed by atoms with Crippen LogP contribution in [0.25, 0.3) is 0 Å².